The van der Waals surface area contributed by atoms with Crippen LogP contribution in [-0.2, 0) is 12.8 Å². The van der Waals surface area contributed by atoms with E-state index in [-0.39, 0.29) is 18.3 Å². The maximum Gasteiger partial charge on any atom is 0.252 e. The summed E-state index contributed by atoms with van der Waals surface area (Å²) < 4.78 is 0. The summed E-state index contributed by atoms with van der Waals surface area (Å²) in [6, 6.07) is 11.2. The van der Waals surface area contributed by atoms with Crippen LogP contribution in [-0.4, -0.2) is 18.0 Å². The van der Waals surface area contributed by atoms with Crippen LogP contribution in [0.25, 0.3) is 10.8 Å². The van der Waals surface area contributed by atoms with Crippen molar-refractivity contribution in [3.63, 3.8) is 0 Å². The van der Waals surface area contributed by atoms with Gasteiger partial charge in [-0.15, -0.1) is 12.4 Å². The van der Waals surface area contributed by atoms with Crippen molar-refractivity contribution < 1.29 is 4.79 Å². The van der Waals surface area contributed by atoms with Crippen molar-refractivity contribution in [3.8, 4) is 0 Å². The van der Waals surface area contributed by atoms with E-state index in [1.54, 1.807) is 0 Å². The van der Waals surface area contributed by atoms with Crippen molar-refractivity contribution in [2.24, 2.45) is 17.6 Å². The number of benzene rings is 2. The first-order valence-corrected chi connectivity index (χ1v) is 9.80. The lowest BCUT2D eigenvalue weighted by molar-refractivity contribution is 0.0757. The summed E-state index contributed by atoms with van der Waals surface area (Å²) in [5.41, 5.74) is 9.86. The molecule has 1 amide bonds. The predicted molar refractivity (Wildman–Crippen MR) is 108 cm³/mol. The molecule has 0 aliphatic heterocycles. The van der Waals surface area contributed by atoms with Crippen LogP contribution in [0, 0.1) is 11.8 Å². The molecule has 5 rings (SSSR count). The second-order valence-electron chi connectivity index (χ2n) is 8.29. The third-order valence-corrected chi connectivity index (χ3v) is 6.80. The van der Waals surface area contributed by atoms with Gasteiger partial charge in [-0.3, -0.25) is 4.79 Å². The maximum absolute atomic E-state index is 13.1. The Bertz CT molecular complexity index is 825. The topological polar surface area (TPSA) is 55.1 Å². The van der Waals surface area contributed by atoms with Gasteiger partial charge >= 0.3 is 0 Å². The van der Waals surface area contributed by atoms with E-state index in [0.717, 1.165) is 36.6 Å². The molecule has 2 atom stereocenters. The Kier molecular flexibility index (Phi) is 4.70. The van der Waals surface area contributed by atoms with Gasteiger partial charge in [0, 0.05) is 17.6 Å². The monoisotopic (exact) mass is 370 g/mol. The molecule has 0 radical (unpaired) electrons. The molecule has 4 heteroatoms. The van der Waals surface area contributed by atoms with Gasteiger partial charge < -0.3 is 11.1 Å². The van der Waals surface area contributed by atoms with Gasteiger partial charge in [-0.25, -0.2) is 0 Å². The molecule has 2 fully saturated rings. The highest BCUT2D eigenvalue weighted by Gasteiger charge is 2.40. The number of halogens is 1. The summed E-state index contributed by atoms with van der Waals surface area (Å²) in [6.45, 7) is 0. The molecule has 3 nitrogen and oxygen atoms in total. The van der Waals surface area contributed by atoms with Gasteiger partial charge in [-0.05, 0) is 78.3 Å². The summed E-state index contributed by atoms with van der Waals surface area (Å²) in [5, 5.41) is 5.86. The lowest BCUT2D eigenvalue weighted by Crippen LogP contribution is -2.53. The Balaban J connectivity index is 0.00000168. The van der Waals surface area contributed by atoms with Crippen LogP contribution in [0.5, 0.6) is 0 Å². The van der Waals surface area contributed by atoms with E-state index in [1.165, 1.54) is 35.8 Å². The minimum atomic E-state index is 0. The number of amides is 1. The number of rotatable bonds is 2. The van der Waals surface area contributed by atoms with Crippen LogP contribution >= 0.6 is 12.4 Å². The molecule has 2 unspecified atom stereocenters. The Morgan fingerprint density at radius 1 is 1.00 bits per heavy atom. The van der Waals surface area contributed by atoms with E-state index in [4.69, 9.17) is 5.73 Å². The van der Waals surface area contributed by atoms with Gasteiger partial charge in [0.05, 0.1) is 0 Å². The molecule has 0 spiro atoms. The number of nitrogens with two attached hydrogens (primary N) is 1. The fraction of sp³-hybridized carbons (Fsp3) is 0.500. The van der Waals surface area contributed by atoms with E-state index < -0.39 is 0 Å². The van der Waals surface area contributed by atoms with Crippen LogP contribution in [0.1, 0.15) is 53.6 Å². The predicted octanol–water partition coefficient (Wildman–Crippen LogP) is 4.00. The average molecular weight is 371 g/mol. The molecule has 2 saturated carbocycles. The van der Waals surface area contributed by atoms with Crippen molar-refractivity contribution in [2.75, 3.05) is 0 Å². The molecule has 0 heterocycles. The number of fused-ring (bicyclic) bond motifs is 2. The molecule has 2 aromatic carbocycles. The molecule has 26 heavy (non-hydrogen) atoms. The zero-order chi connectivity index (χ0) is 17.0. The highest BCUT2D eigenvalue weighted by molar-refractivity contribution is 6.09. The first-order valence-electron chi connectivity index (χ1n) is 9.80. The maximum atomic E-state index is 13.1. The van der Waals surface area contributed by atoms with E-state index in [9.17, 15) is 4.79 Å². The van der Waals surface area contributed by atoms with Crippen molar-refractivity contribution in [1.82, 2.24) is 5.32 Å². The van der Waals surface area contributed by atoms with Crippen molar-refractivity contribution >= 4 is 29.1 Å². The lowest BCUT2D eigenvalue weighted by Gasteiger charge is -2.45. The summed E-state index contributed by atoms with van der Waals surface area (Å²) in [6.07, 6.45) is 8.02. The van der Waals surface area contributed by atoms with E-state index >= 15 is 0 Å². The molecule has 3 N–H and O–H groups in total. The van der Waals surface area contributed by atoms with Gasteiger partial charge in [-0.1, -0.05) is 30.7 Å². The number of carbonyl (C=O) groups is 1. The first-order chi connectivity index (χ1) is 12.2. The Morgan fingerprint density at radius 3 is 2.42 bits per heavy atom. The van der Waals surface area contributed by atoms with Crippen molar-refractivity contribution in [2.45, 2.75) is 57.0 Å². The number of carbonyl (C=O) groups excluding carboxylic acids is 1. The van der Waals surface area contributed by atoms with Crippen molar-refractivity contribution in [3.05, 3.63) is 47.0 Å². The molecule has 0 saturated heterocycles. The van der Waals surface area contributed by atoms with E-state index in [1.807, 2.05) is 6.07 Å². The quantitative estimate of drug-likeness (QED) is 0.839. The van der Waals surface area contributed by atoms with Gasteiger partial charge in [0.1, 0.15) is 0 Å². The zero-order valence-corrected chi connectivity index (χ0v) is 15.9. The molecule has 138 valence electrons. The fourth-order valence-electron chi connectivity index (χ4n) is 5.70. The normalized spacial score (nSPS) is 29.3. The fourth-order valence-corrected chi connectivity index (χ4v) is 5.70. The van der Waals surface area contributed by atoms with E-state index in [0.29, 0.717) is 23.9 Å². The Hall–Kier alpha value is -1.58. The van der Waals surface area contributed by atoms with Crippen LogP contribution in [0.2, 0.25) is 0 Å². The first kappa shape index (κ1) is 17.8. The highest BCUT2D eigenvalue weighted by atomic mass is 35.5. The number of aryl methyl sites for hydroxylation is 2. The van der Waals surface area contributed by atoms with Crippen LogP contribution < -0.4 is 11.1 Å². The van der Waals surface area contributed by atoms with Gasteiger partial charge in [0.25, 0.3) is 5.91 Å². The summed E-state index contributed by atoms with van der Waals surface area (Å²) >= 11 is 0. The van der Waals surface area contributed by atoms with Gasteiger partial charge in [0.2, 0.25) is 0 Å². The Labute approximate surface area is 161 Å². The molecule has 3 aliphatic carbocycles. The smallest absolute Gasteiger partial charge is 0.252 e. The summed E-state index contributed by atoms with van der Waals surface area (Å²) in [5.74, 6) is 1.22. The van der Waals surface area contributed by atoms with Crippen LogP contribution in [0.4, 0.5) is 0 Å². The number of hydrogen-bond acceptors (Lipinski definition) is 2. The molecule has 0 aromatic heterocycles. The van der Waals surface area contributed by atoms with Crippen LogP contribution in [0.3, 0.4) is 0 Å². The average Bonchev–Trinajstić information content (AvgIpc) is 3.01. The van der Waals surface area contributed by atoms with Crippen LogP contribution in [0.15, 0.2) is 30.3 Å². The lowest BCUT2D eigenvalue weighted by atomic mass is 9.67. The van der Waals surface area contributed by atoms with Gasteiger partial charge in [-0.2, -0.15) is 0 Å². The minimum Gasteiger partial charge on any atom is -0.349 e. The number of nitrogens with one attached hydrogen (secondary N) is 1. The Morgan fingerprint density at radius 2 is 1.69 bits per heavy atom. The minimum absolute atomic E-state index is 0. The van der Waals surface area contributed by atoms with Gasteiger partial charge in [0.15, 0.2) is 0 Å². The van der Waals surface area contributed by atoms with Crippen molar-refractivity contribution in [1.29, 1.82) is 0 Å². The highest BCUT2D eigenvalue weighted by Crippen LogP contribution is 2.40. The third kappa shape index (κ3) is 2.82. The molecule has 2 aromatic rings. The second-order valence-corrected chi connectivity index (χ2v) is 8.29. The van der Waals surface area contributed by atoms with E-state index in [2.05, 4.69) is 29.6 Å². The molecular formula is C22H27ClN2O. The number of hydrogen-bond donors (Lipinski definition) is 2. The molecule has 3 aliphatic rings. The SMILES string of the molecule is Cl.NC1CC2CCCC(C1)C2NC(=O)c1ccc2c3c(cccc13)CC2. The summed E-state index contributed by atoms with van der Waals surface area (Å²) in [4.78, 5) is 13.1. The third-order valence-electron chi connectivity index (χ3n) is 6.80. The summed E-state index contributed by atoms with van der Waals surface area (Å²) in [7, 11) is 0. The molecular weight excluding hydrogens is 344 g/mol. The largest absolute Gasteiger partial charge is 0.349 e. The standard InChI is InChI=1S/C22H26N2O.ClH/c23-17-11-15-4-1-5-16(12-17)21(15)24-22(25)19-10-9-14-8-7-13-3-2-6-18(19)20(13)14;/h2-3,6,9-10,15-17,21H,1,4-5,7-8,11-12,23H2,(H,24,25);1H. The molecule has 2 bridgehead atoms. The second kappa shape index (κ2) is 6.86. The zero-order valence-electron chi connectivity index (χ0n) is 15.0.